The lowest BCUT2D eigenvalue weighted by Crippen LogP contribution is -2.42. The third-order valence-corrected chi connectivity index (χ3v) is 5.80. The molecule has 30 heavy (non-hydrogen) atoms. The van der Waals surface area contributed by atoms with Gasteiger partial charge in [-0.25, -0.2) is 28.1 Å². The highest BCUT2D eigenvalue weighted by atomic mass is 35.5. The molecule has 9 heteroatoms. The van der Waals surface area contributed by atoms with Gasteiger partial charge in [0, 0.05) is 18.0 Å². The summed E-state index contributed by atoms with van der Waals surface area (Å²) in [4.78, 5) is 12.7. The Morgan fingerprint density at radius 2 is 2.00 bits per heavy atom. The van der Waals surface area contributed by atoms with E-state index < -0.39 is 17.8 Å². The van der Waals surface area contributed by atoms with E-state index in [1.807, 2.05) is 25.3 Å². The summed E-state index contributed by atoms with van der Waals surface area (Å²) >= 11 is 6.29. The number of aromatic nitrogens is 4. The van der Waals surface area contributed by atoms with Crippen molar-refractivity contribution in [1.82, 2.24) is 19.5 Å². The molecule has 160 valence electrons. The molecule has 1 aliphatic carbocycles. The standard InChI is InChI=1S/C21H23ClF3N5/c1-11(2)30-12(3)27-19-15(23)8-13(9-16(19)30)18-14(22)10-26-20(29-18)28-17-6-4-5-7-21(17,24)25/h8-11,17H,4-7H2,1-3H3,(H,26,28,29)/t17-/m0/s1. The zero-order valence-corrected chi connectivity index (χ0v) is 17.8. The van der Waals surface area contributed by atoms with Crippen LogP contribution in [0, 0.1) is 12.7 Å². The number of hydrogen-bond acceptors (Lipinski definition) is 4. The summed E-state index contributed by atoms with van der Waals surface area (Å²) in [7, 11) is 0. The number of hydrogen-bond donors (Lipinski definition) is 1. The van der Waals surface area contributed by atoms with E-state index in [4.69, 9.17) is 11.6 Å². The Balaban J connectivity index is 1.76. The van der Waals surface area contributed by atoms with Crippen LogP contribution >= 0.6 is 11.6 Å². The van der Waals surface area contributed by atoms with Crippen LogP contribution in [0.2, 0.25) is 5.02 Å². The van der Waals surface area contributed by atoms with Crippen molar-refractivity contribution in [3.8, 4) is 11.3 Å². The first-order chi connectivity index (χ1) is 14.2. The lowest BCUT2D eigenvalue weighted by atomic mass is 9.92. The Morgan fingerprint density at radius 1 is 1.23 bits per heavy atom. The molecule has 1 saturated carbocycles. The number of alkyl halides is 2. The van der Waals surface area contributed by atoms with Gasteiger partial charge in [0.1, 0.15) is 11.3 Å². The van der Waals surface area contributed by atoms with E-state index >= 15 is 0 Å². The van der Waals surface area contributed by atoms with Gasteiger partial charge in [-0.15, -0.1) is 0 Å². The largest absolute Gasteiger partial charge is 0.345 e. The molecule has 0 unspecified atom stereocenters. The normalized spacial score (nSPS) is 18.9. The second-order valence-corrected chi connectivity index (χ2v) is 8.45. The maximum atomic E-state index is 14.8. The molecular formula is C21H23ClF3N5. The molecule has 0 amide bonds. The first-order valence-corrected chi connectivity index (χ1v) is 10.4. The van der Waals surface area contributed by atoms with Crippen LogP contribution in [0.1, 0.15) is 51.4 Å². The van der Waals surface area contributed by atoms with Crippen molar-refractivity contribution in [3.63, 3.8) is 0 Å². The minimum atomic E-state index is -2.83. The average Bonchev–Trinajstić information content (AvgIpc) is 3.01. The smallest absolute Gasteiger partial charge is 0.267 e. The summed E-state index contributed by atoms with van der Waals surface area (Å²) in [5.41, 5.74) is 1.62. The van der Waals surface area contributed by atoms with Gasteiger partial charge in [-0.1, -0.05) is 18.0 Å². The first kappa shape index (κ1) is 20.9. The van der Waals surface area contributed by atoms with Gasteiger partial charge >= 0.3 is 0 Å². The highest BCUT2D eigenvalue weighted by molar-refractivity contribution is 6.33. The van der Waals surface area contributed by atoms with Crippen molar-refractivity contribution in [3.05, 3.63) is 35.0 Å². The van der Waals surface area contributed by atoms with Gasteiger partial charge in [-0.3, -0.25) is 0 Å². The molecule has 1 N–H and O–H groups in total. The van der Waals surface area contributed by atoms with Gasteiger partial charge < -0.3 is 9.88 Å². The predicted octanol–water partition coefficient (Wildman–Crippen LogP) is 6.16. The number of halogens is 4. The van der Waals surface area contributed by atoms with Crippen LogP contribution in [0.15, 0.2) is 18.3 Å². The van der Waals surface area contributed by atoms with Crippen LogP contribution in [0.5, 0.6) is 0 Å². The predicted molar refractivity (Wildman–Crippen MR) is 112 cm³/mol. The maximum Gasteiger partial charge on any atom is 0.267 e. The van der Waals surface area contributed by atoms with Gasteiger partial charge in [-0.2, -0.15) is 0 Å². The Morgan fingerprint density at radius 3 is 2.70 bits per heavy atom. The van der Waals surface area contributed by atoms with Crippen molar-refractivity contribution < 1.29 is 13.2 Å². The molecule has 0 radical (unpaired) electrons. The Labute approximate surface area is 177 Å². The highest BCUT2D eigenvalue weighted by Crippen LogP contribution is 2.36. The Bertz CT molecular complexity index is 1100. The lowest BCUT2D eigenvalue weighted by Gasteiger charge is -2.31. The summed E-state index contributed by atoms with van der Waals surface area (Å²) < 4.78 is 45.2. The lowest BCUT2D eigenvalue weighted by molar-refractivity contribution is -0.0451. The highest BCUT2D eigenvalue weighted by Gasteiger charge is 2.41. The Hall–Kier alpha value is -2.35. The van der Waals surface area contributed by atoms with Crippen molar-refractivity contribution in [1.29, 1.82) is 0 Å². The molecule has 2 heterocycles. The quantitative estimate of drug-likeness (QED) is 0.530. The van der Waals surface area contributed by atoms with Crippen molar-refractivity contribution in [2.75, 3.05) is 5.32 Å². The summed E-state index contributed by atoms with van der Waals surface area (Å²) in [5.74, 6) is -2.57. The second-order valence-electron chi connectivity index (χ2n) is 8.04. The fraction of sp³-hybridized carbons (Fsp3) is 0.476. The SMILES string of the molecule is Cc1nc2c(F)cc(-c3nc(N[C@H]4CCCCC4(F)F)ncc3Cl)cc2n1C(C)C. The molecule has 1 aliphatic rings. The molecule has 0 aliphatic heterocycles. The van der Waals surface area contributed by atoms with E-state index in [0.717, 1.165) is 0 Å². The monoisotopic (exact) mass is 437 g/mol. The first-order valence-electron chi connectivity index (χ1n) is 10.0. The Kier molecular flexibility index (Phi) is 5.38. The molecule has 3 aromatic rings. The van der Waals surface area contributed by atoms with Crippen LogP contribution in [-0.4, -0.2) is 31.5 Å². The minimum absolute atomic E-state index is 0.0510. The molecule has 1 atom stereocenters. The second kappa shape index (κ2) is 7.72. The number of benzene rings is 1. The van der Waals surface area contributed by atoms with Crippen molar-refractivity contribution in [2.45, 2.75) is 64.5 Å². The van der Waals surface area contributed by atoms with E-state index in [0.29, 0.717) is 36.2 Å². The number of rotatable bonds is 4. The molecule has 0 saturated heterocycles. The fourth-order valence-corrected chi connectivity index (χ4v) is 4.32. The van der Waals surface area contributed by atoms with E-state index in [1.165, 1.54) is 12.3 Å². The van der Waals surface area contributed by atoms with E-state index in [9.17, 15) is 13.2 Å². The zero-order valence-electron chi connectivity index (χ0n) is 17.0. The molecule has 5 nitrogen and oxygen atoms in total. The van der Waals surface area contributed by atoms with Crippen molar-refractivity contribution in [2.24, 2.45) is 0 Å². The van der Waals surface area contributed by atoms with Gasteiger partial charge in [0.25, 0.3) is 5.92 Å². The maximum absolute atomic E-state index is 14.8. The zero-order chi connectivity index (χ0) is 21.6. The minimum Gasteiger partial charge on any atom is -0.345 e. The summed E-state index contributed by atoms with van der Waals surface area (Å²) in [5, 5.41) is 2.96. The number of nitrogens with one attached hydrogen (secondary N) is 1. The summed E-state index contributed by atoms with van der Waals surface area (Å²) in [6.07, 6.45) is 2.74. The number of aryl methyl sites for hydroxylation is 1. The third-order valence-electron chi connectivity index (χ3n) is 5.53. The summed E-state index contributed by atoms with van der Waals surface area (Å²) in [6.45, 7) is 5.80. The number of nitrogens with zero attached hydrogens (tertiary/aromatic N) is 4. The summed E-state index contributed by atoms with van der Waals surface area (Å²) in [6, 6.07) is 2.12. The fourth-order valence-electron chi connectivity index (χ4n) is 4.12. The van der Waals surface area contributed by atoms with E-state index in [2.05, 4.69) is 20.3 Å². The van der Waals surface area contributed by atoms with Crippen LogP contribution in [0.3, 0.4) is 0 Å². The topological polar surface area (TPSA) is 55.6 Å². The molecule has 2 aromatic heterocycles. The van der Waals surface area contributed by atoms with Gasteiger partial charge in [0.2, 0.25) is 5.95 Å². The van der Waals surface area contributed by atoms with Gasteiger partial charge in [-0.05, 0) is 45.7 Å². The van der Waals surface area contributed by atoms with E-state index in [1.54, 1.807) is 6.07 Å². The number of anilines is 1. The number of fused-ring (bicyclic) bond motifs is 1. The third kappa shape index (κ3) is 3.73. The van der Waals surface area contributed by atoms with Crippen molar-refractivity contribution >= 4 is 28.6 Å². The molecule has 1 fully saturated rings. The molecule has 1 aromatic carbocycles. The van der Waals surface area contributed by atoms with Crippen LogP contribution < -0.4 is 5.32 Å². The van der Waals surface area contributed by atoms with E-state index in [-0.39, 0.29) is 34.6 Å². The molecular weight excluding hydrogens is 415 g/mol. The molecule has 0 bridgehead atoms. The molecule has 0 spiro atoms. The molecule has 4 rings (SSSR count). The average molecular weight is 438 g/mol. The van der Waals surface area contributed by atoms with Gasteiger partial charge in [0.15, 0.2) is 5.82 Å². The van der Waals surface area contributed by atoms with Crippen LogP contribution in [0.25, 0.3) is 22.3 Å². The van der Waals surface area contributed by atoms with Crippen LogP contribution in [-0.2, 0) is 0 Å². The van der Waals surface area contributed by atoms with Crippen LogP contribution in [0.4, 0.5) is 19.1 Å². The van der Waals surface area contributed by atoms with Gasteiger partial charge in [0.05, 0.1) is 28.5 Å². The number of imidazole rings is 1.